The number of aliphatic hydroxyl groups is 1. The van der Waals surface area contributed by atoms with Gasteiger partial charge in [-0.3, -0.25) is 10.2 Å². The summed E-state index contributed by atoms with van der Waals surface area (Å²) in [7, 11) is 0. The number of benzene rings is 1. The topological polar surface area (TPSA) is 68.2 Å². The predicted octanol–water partition coefficient (Wildman–Crippen LogP) is 1.35. The van der Waals surface area contributed by atoms with E-state index in [1.165, 1.54) is 4.90 Å². The van der Waals surface area contributed by atoms with E-state index in [1.807, 2.05) is 5.43 Å². The van der Waals surface area contributed by atoms with Crippen molar-refractivity contribution >= 4 is 11.7 Å². The summed E-state index contributed by atoms with van der Waals surface area (Å²) in [5.74, 6) is -4.23. The molecule has 1 fully saturated rings. The van der Waals surface area contributed by atoms with E-state index in [9.17, 15) is 36.2 Å². The van der Waals surface area contributed by atoms with Crippen LogP contribution in [0.1, 0.15) is 12.0 Å². The molecule has 2 atom stereocenters. The third-order valence-electron chi connectivity index (χ3n) is 4.52. The Morgan fingerprint density at radius 2 is 1.89 bits per heavy atom. The lowest BCUT2D eigenvalue weighted by Gasteiger charge is -2.37. The number of hydrazone groups is 1. The van der Waals surface area contributed by atoms with E-state index in [0.717, 1.165) is 4.90 Å². The van der Waals surface area contributed by atoms with Gasteiger partial charge in [0.2, 0.25) is 12.1 Å². The highest BCUT2D eigenvalue weighted by Gasteiger charge is 2.49. The fraction of sp³-hybridized carbons (Fsp3) is 0.500. The molecule has 0 spiro atoms. The van der Waals surface area contributed by atoms with E-state index in [0.29, 0.717) is 12.1 Å². The molecule has 3 rings (SSSR count). The summed E-state index contributed by atoms with van der Waals surface area (Å²) in [6.45, 7) is -0.293. The Morgan fingerprint density at radius 3 is 2.57 bits per heavy atom. The Labute approximate surface area is 155 Å². The molecule has 2 heterocycles. The van der Waals surface area contributed by atoms with Crippen LogP contribution in [-0.4, -0.2) is 64.7 Å². The molecule has 1 saturated heterocycles. The van der Waals surface area contributed by atoms with Crippen LogP contribution in [-0.2, 0) is 11.2 Å². The van der Waals surface area contributed by atoms with Crippen LogP contribution in [0.25, 0.3) is 0 Å². The van der Waals surface area contributed by atoms with Gasteiger partial charge in [-0.05, 0) is 11.6 Å². The van der Waals surface area contributed by atoms with E-state index in [4.69, 9.17) is 0 Å². The minimum atomic E-state index is -4.53. The molecule has 1 amide bonds. The first-order chi connectivity index (χ1) is 13.1. The number of nitrogens with one attached hydrogen (secondary N) is 1. The lowest BCUT2D eigenvalue weighted by atomic mass is 10.0. The zero-order valence-electron chi connectivity index (χ0n) is 14.3. The van der Waals surface area contributed by atoms with E-state index in [2.05, 4.69) is 5.10 Å². The number of fused-ring (bicyclic) bond motifs is 1. The monoisotopic (exact) mass is 410 g/mol. The number of amidine groups is 1. The van der Waals surface area contributed by atoms with Crippen molar-refractivity contribution in [2.75, 3.05) is 19.6 Å². The van der Waals surface area contributed by atoms with Gasteiger partial charge >= 0.3 is 6.18 Å². The molecule has 12 heteroatoms. The number of carbonyl (C=O) groups is 1. The number of hydrogen-bond donors (Lipinski definition) is 2. The zero-order valence-corrected chi connectivity index (χ0v) is 14.3. The average molecular weight is 410 g/mol. The molecule has 28 heavy (non-hydrogen) atoms. The van der Waals surface area contributed by atoms with Gasteiger partial charge in [0.05, 0.1) is 19.1 Å². The molecule has 1 aromatic carbocycles. The average Bonchev–Trinajstić information content (AvgIpc) is 3.03. The van der Waals surface area contributed by atoms with Crippen molar-refractivity contribution in [2.24, 2.45) is 5.10 Å². The van der Waals surface area contributed by atoms with Gasteiger partial charge < -0.3 is 14.9 Å². The molecule has 2 aliphatic rings. The zero-order chi connectivity index (χ0) is 20.6. The standard InChI is InChI=1S/C16H16F6N4O2/c17-10-6-12(19)11(18)4-8(10)3-9(27)5-14(28)25-1-2-26-13(7-25)23-24-15(26)16(20,21)22/h4,6,9,15,24,27H,1-3,5,7H2. The van der Waals surface area contributed by atoms with Gasteiger partial charge in [-0.1, -0.05) is 0 Å². The normalized spacial score (nSPS) is 20.5. The van der Waals surface area contributed by atoms with Crippen LogP contribution in [0.2, 0.25) is 0 Å². The van der Waals surface area contributed by atoms with E-state index in [-0.39, 0.29) is 31.0 Å². The van der Waals surface area contributed by atoms with Crippen LogP contribution in [0.15, 0.2) is 17.2 Å². The van der Waals surface area contributed by atoms with Crippen molar-refractivity contribution in [3.05, 3.63) is 35.1 Å². The third kappa shape index (κ3) is 4.16. The van der Waals surface area contributed by atoms with Crippen LogP contribution in [0.4, 0.5) is 26.3 Å². The highest BCUT2D eigenvalue weighted by molar-refractivity contribution is 5.90. The Morgan fingerprint density at radius 1 is 1.21 bits per heavy atom. The second-order valence-corrected chi connectivity index (χ2v) is 6.53. The quantitative estimate of drug-likeness (QED) is 0.581. The number of carbonyl (C=O) groups excluding carboxylic acids is 1. The van der Waals surface area contributed by atoms with Crippen LogP contribution >= 0.6 is 0 Å². The predicted molar refractivity (Wildman–Crippen MR) is 84.3 cm³/mol. The molecule has 2 unspecified atom stereocenters. The molecule has 154 valence electrons. The Hall–Kier alpha value is -2.50. The molecule has 6 nitrogen and oxygen atoms in total. The Kier molecular flexibility index (Phi) is 5.41. The molecular weight excluding hydrogens is 394 g/mol. The second kappa shape index (κ2) is 7.49. The molecule has 0 radical (unpaired) electrons. The van der Waals surface area contributed by atoms with Gasteiger partial charge in [-0.15, -0.1) is 0 Å². The van der Waals surface area contributed by atoms with Crippen LogP contribution in [0.5, 0.6) is 0 Å². The molecule has 0 aromatic heterocycles. The first-order valence-electron chi connectivity index (χ1n) is 8.31. The van der Waals surface area contributed by atoms with Crippen molar-refractivity contribution in [2.45, 2.75) is 31.3 Å². The highest BCUT2D eigenvalue weighted by atomic mass is 19.4. The second-order valence-electron chi connectivity index (χ2n) is 6.53. The molecule has 2 N–H and O–H groups in total. The smallest absolute Gasteiger partial charge is 0.392 e. The largest absolute Gasteiger partial charge is 0.428 e. The maximum Gasteiger partial charge on any atom is 0.428 e. The molecule has 0 bridgehead atoms. The molecule has 0 saturated carbocycles. The molecule has 2 aliphatic heterocycles. The van der Waals surface area contributed by atoms with Gasteiger partial charge in [-0.2, -0.15) is 18.3 Å². The Balaban J connectivity index is 1.57. The molecular formula is C16H16F6N4O2. The van der Waals surface area contributed by atoms with E-state index >= 15 is 0 Å². The van der Waals surface area contributed by atoms with E-state index < -0.39 is 54.6 Å². The van der Waals surface area contributed by atoms with Gasteiger partial charge in [0.15, 0.2) is 11.6 Å². The number of aliphatic hydroxyl groups excluding tert-OH is 1. The number of nitrogens with zero attached hydrogens (tertiary/aromatic N) is 3. The number of rotatable bonds is 4. The lowest BCUT2D eigenvalue weighted by Crippen LogP contribution is -2.58. The number of halogens is 6. The third-order valence-corrected chi connectivity index (χ3v) is 4.52. The number of piperazine rings is 1. The van der Waals surface area contributed by atoms with Gasteiger partial charge in [0.1, 0.15) is 11.7 Å². The van der Waals surface area contributed by atoms with Crippen molar-refractivity contribution in [1.29, 1.82) is 0 Å². The Bertz CT molecular complexity index is 800. The maximum atomic E-state index is 13.6. The summed E-state index contributed by atoms with van der Waals surface area (Å²) in [6.07, 6.45) is -8.73. The SMILES string of the molecule is O=C(CC(O)Cc1cc(F)c(F)cc1F)N1CCN2C(=NNC2C(F)(F)F)C1. The number of hydrogen-bond acceptors (Lipinski definition) is 5. The fourth-order valence-corrected chi connectivity index (χ4v) is 3.12. The number of amides is 1. The summed E-state index contributed by atoms with van der Waals surface area (Å²) in [5.41, 5.74) is 1.69. The summed E-state index contributed by atoms with van der Waals surface area (Å²) >= 11 is 0. The minimum Gasteiger partial charge on any atom is -0.392 e. The summed E-state index contributed by atoms with van der Waals surface area (Å²) in [4.78, 5) is 14.5. The van der Waals surface area contributed by atoms with Crippen molar-refractivity contribution in [3.8, 4) is 0 Å². The van der Waals surface area contributed by atoms with E-state index in [1.54, 1.807) is 0 Å². The highest BCUT2D eigenvalue weighted by Crippen LogP contribution is 2.27. The summed E-state index contributed by atoms with van der Waals surface area (Å²) < 4.78 is 78.4. The van der Waals surface area contributed by atoms with Crippen LogP contribution in [0.3, 0.4) is 0 Å². The van der Waals surface area contributed by atoms with Crippen LogP contribution < -0.4 is 5.43 Å². The van der Waals surface area contributed by atoms with Crippen molar-refractivity contribution in [1.82, 2.24) is 15.2 Å². The fourth-order valence-electron chi connectivity index (χ4n) is 3.12. The van der Waals surface area contributed by atoms with Crippen molar-refractivity contribution < 1.29 is 36.2 Å². The summed E-state index contributed by atoms with van der Waals surface area (Å²) in [6, 6.07) is 0.952. The van der Waals surface area contributed by atoms with Crippen LogP contribution in [0, 0.1) is 17.5 Å². The summed E-state index contributed by atoms with van der Waals surface area (Å²) in [5, 5.41) is 13.6. The maximum absolute atomic E-state index is 13.6. The molecule has 0 aliphatic carbocycles. The van der Waals surface area contributed by atoms with Gasteiger partial charge in [0, 0.05) is 25.6 Å². The first-order valence-corrected chi connectivity index (χ1v) is 8.31. The first kappa shape index (κ1) is 20.2. The van der Waals surface area contributed by atoms with Gasteiger partial charge in [0.25, 0.3) is 0 Å². The minimum absolute atomic E-state index is 0.0155. The molecule has 1 aromatic rings. The lowest BCUT2D eigenvalue weighted by molar-refractivity contribution is -0.179. The number of alkyl halides is 3. The van der Waals surface area contributed by atoms with Crippen molar-refractivity contribution in [3.63, 3.8) is 0 Å². The van der Waals surface area contributed by atoms with Gasteiger partial charge in [-0.25, -0.2) is 13.2 Å².